The third-order valence-corrected chi connectivity index (χ3v) is 6.51. The molecule has 1 aromatic heterocycles. The molecular formula is C25H35N5O6. The van der Waals surface area contributed by atoms with Crippen molar-refractivity contribution in [2.45, 2.75) is 57.9 Å². The largest absolute Gasteiger partial charge is 0.444 e. The molecule has 11 heteroatoms. The lowest BCUT2D eigenvalue weighted by Gasteiger charge is -2.35. The van der Waals surface area contributed by atoms with E-state index in [1.807, 2.05) is 39.0 Å². The van der Waals surface area contributed by atoms with Gasteiger partial charge in [0.05, 0.1) is 30.3 Å². The minimum atomic E-state index is -0.717. The molecule has 36 heavy (non-hydrogen) atoms. The Balaban J connectivity index is 1.51. The van der Waals surface area contributed by atoms with E-state index in [2.05, 4.69) is 10.2 Å². The molecule has 2 saturated heterocycles. The molecule has 0 radical (unpaired) electrons. The van der Waals surface area contributed by atoms with E-state index in [4.69, 9.17) is 9.47 Å². The Morgan fingerprint density at radius 2 is 2.00 bits per heavy atom. The van der Waals surface area contributed by atoms with Crippen molar-refractivity contribution < 1.29 is 23.9 Å². The highest BCUT2D eigenvalue weighted by molar-refractivity contribution is 6.00. The van der Waals surface area contributed by atoms with Gasteiger partial charge >= 0.3 is 11.8 Å². The van der Waals surface area contributed by atoms with Crippen molar-refractivity contribution in [1.29, 1.82) is 0 Å². The topological polar surface area (TPSA) is 115 Å². The average molecular weight is 502 g/mol. The fourth-order valence-corrected chi connectivity index (χ4v) is 4.87. The second kappa shape index (κ2) is 10.1. The van der Waals surface area contributed by atoms with E-state index >= 15 is 0 Å². The van der Waals surface area contributed by atoms with Crippen molar-refractivity contribution in [3.05, 3.63) is 34.2 Å². The Hall–Kier alpha value is -3.18. The van der Waals surface area contributed by atoms with Crippen LogP contribution in [0.15, 0.2) is 23.0 Å². The average Bonchev–Trinajstić information content (AvgIpc) is 3.04. The van der Waals surface area contributed by atoms with Crippen molar-refractivity contribution in [1.82, 2.24) is 24.3 Å². The van der Waals surface area contributed by atoms with Gasteiger partial charge in [0.2, 0.25) is 11.8 Å². The van der Waals surface area contributed by atoms with E-state index in [9.17, 15) is 19.2 Å². The minimum absolute atomic E-state index is 0.174. The molecule has 0 bridgehead atoms. The third-order valence-electron chi connectivity index (χ3n) is 6.51. The number of rotatable bonds is 5. The quantitative estimate of drug-likeness (QED) is 0.616. The first-order valence-electron chi connectivity index (χ1n) is 12.2. The molecule has 3 amide bonds. The Morgan fingerprint density at radius 1 is 1.25 bits per heavy atom. The lowest BCUT2D eigenvalue weighted by atomic mass is 10.1. The van der Waals surface area contributed by atoms with Crippen LogP contribution in [0.1, 0.15) is 45.2 Å². The number of para-hydroxylation sites is 1. The Labute approximate surface area is 209 Å². The van der Waals surface area contributed by atoms with Crippen LogP contribution in [0, 0.1) is 0 Å². The van der Waals surface area contributed by atoms with Crippen molar-refractivity contribution in [2.75, 3.05) is 33.3 Å². The van der Waals surface area contributed by atoms with Crippen LogP contribution < -0.4 is 11.0 Å². The fraction of sp³-hybridized carbons (Fsp3) is 0.600. The van der Waals surface area contributed by atoms with Gasteiger partial charge in [-0.25, -0.2) is 9.59 Å². The number of morpholine rings is 1. The molecule has 1 aromatic carbocycles. The van der Waals surface area contributed by atoms with Gasteiger partial charge in [-0.15, -0.1) is 0 Å². The van der Waals surface area contributed by atoms with E-state index < -0.39 is 23.6 Å². The highest BCUT2D eigenvalue weighted by Crippen LogP contribution is 2.26. The number of aromatic nitrogens is 2. The maximum atomic E-state index is 13.2. The van der Waals surface area contributed by atoms with E-state index in [1.165, 1.54) is 9.47 Å². The maximum Gasteiger partial charge on any atom is 0.410 e. The van der Waals surface area contributed by atoms with E-state index in [0.717, 1.165) is 11.1 Å². The predicted octanol–water partition coefficient (Wildman–Crippen LogP) is 1.39. The molecule has 0 saturated carbocycles. The van der Waals surface area contributed by atoms with E-state index in [-0.39, 0.29) is 24.1 Å². The molecule has 2 aromatic rings. The second-order valence-electron chi connectivity index (χ2n) is 10.6. The Morgan fingerprint density at radius 3 is 2.69 bits per heavy atom. The van der Waals surface area contributed by atoms with Gasteiger partial charge in [-0.2, -0.15) is 0 Å². The van der Waals surface area contributed by atoms with Gasteiger partial charge in [-0.05, 0) is 38.8 Å². The third kappa shape index (κ3) is 5.46. The summed E-state index contributed by atoms with van der Waals surface area (Å²) in [6.07, 6.45) is -0.0686. The van der Waals surface area contributed by atoms with Crippen LogP contribution >= 0.6 is 0 Å². The molecular weight excluding hydrogens is 466 g/mol. The predicted molar refractivity (Wildman–Crippen MR) is 132 cm³/mol. The lowest BCUT2D eigenvalue weighted by molar-refractivity contribution is -0.135. The number of carbonyl (C=O) groups excluding carboxylic acids is 3. The molecule has 4 rings (SSSR count). The highest BCUT2D eigenvalue weighted by Gasteiger charge is 2.32. The molecule has 196 valence electrons. The number of imide groups is 1. The van der Waals surface area contributed by atoms with Crippen LogP contribution in [-0.4, -0.2) is 81.8 Å². The first-order chi connectivity index (χ1) is 16.9. The Kier molecular flexibility index (Phi) is 7.24. The van der Waals surface area contributed by atoms with Crippen molar-refractivity contribution >= 4 is 28.9 Å². The van der Waals surface area contributed by atoms with Gasteiger partial charge in [0.1, 0.15) is 11.6 Å². The standard InChI is InChI=1S/C25H35N5O6/c1-25(2,3)36-24(34)27(4)14-17-15-29(11-12-35-17)13-16-7-6-8-18-21(16)28(5)23(33)30(18)19-9-10-20(31)26-22(19)32/h6-8,17,19H,9-15H2,1-5H3,(H,26,31,32)/t17-,19?/m1/s1. The van der Waals surface area contributed by atoms with Crippen LogP contribution in [0.25, 0.3) is 11.0 Å². The van der Waals surface area contributed by atoms with Crippen molar-refractivity contribution in [3.8, 4) is 0 Å². The number of amides is 3. The number of imidazole rings is 1. The number of hydrogen-bond acceptors (Lipinski definition) is 7. The number of hydrogen-bond donors (Lipinski definition) is 1. The summed E-state index contributed by atoms with van der Waals surface area (Å²) in [7, 11) is 3.40. The zero-order valence-electron chi connectivity index (χ0n) is 21.6. The number of aryl methyl sites for hydroxylation is 1. The van der Waals surface area contributed by atoms with Crippen LogP contribution in [-0.2, 0) is 32.7 Å². The molecule has 2 aliphatic heterocycles. The van der Waals surface area contributed by atoms with E-state index in [0.29, 0.717) is 44.7 Å². The lowest BCUT2D eigenvalue weighted by Crippen LogP contribution is -2.48. The summed E-state index contributed by atoms with van der Waals surface area (Å²) in [6, 6.07) is 4.98. The van der Waals surface area contributed by atoms with Crippen LogP contribution in [0.4, 0.5) is 4.79 Å². The van der Waals surface area contributed by atoms with Gasteiger partial charge in [0, 0.05) is 40.2 Å². The first kappa shape index (κ1) is 25.9. The van der Waals surface area contributed by atoms with Gasteiger partial charge in [-0.3, -0.25) is 28.9 Å². The molecule has 1 N–H and O–H groups in total. The molecule has 11 nitrogen and oxygen atoms in total. The van der Waals surface area contributed by atoms with E-state index in [1.54, 1.807) is 18.7 Å². The summed E-state index contributed by atoms with van der Waals surface area (Å²) in [5, 5.41) is 2.34. The molecule has 1 unspecified atom stereocenters. The first-order valence-corrected chi connectivity index (χ1v) is 12.2. The zero-order valence-corrected chi connectivity index (χ0v) is 21.6. The SMILES string of the molecule is CN(C[C@@H]1CN(Cc2cccc3c2n(C)c(=O)n3C2CCC(=O)NC2=O)CCO1)C(=O)OC(C)(C)C. The maximum absolute atomic E-state index is 13.2. The van der Waals surface area contributed by atoms with Crippen LogP contribution in [0.3, 0.4) is 0 Å². The zero-order chi connectivity index (χ0) is 26.2. The number of piperidine rings is 1. The Bertz CT molecular complexity index is 1230. The molecule has 2 fully saturated rings. The number of nitrogens with zero attached hydrogens (tertiary/aromatic N) is 4. The highest BCUT2D eigenvalue weighted by atomic mass is 16.6. The number of likely N-dealkylation sites (N-methyl/N-ethyl adjacent to an activating group) is 1. The molecule has 2 atom stereocenters. The number of benzene rings is 1. The smallest absolute Gasteiger partial charge is 0.410 e. The summed E-state index contributed by atoms with van der Waals surface area (Å²) in [5.41, 5.74) is 1.54. The summed E-state index contributed by atoms with van der Waals surface area (Å²) in [6.45, 7) is 8.34. The second-order valence-corrected chi connectivity index (χ2v) is 10.6. The van der Waals surface area contributed by atoms with Gasteiger partial charge < -0.3 is 14.4 Å². The molecule has 0 aliphatic carbocycles. The summed E-state index contributed by atoms with van der Waals surface area (Å²) < 4.78 is 14.4. The summed E-state index contributed by atoms with van der Waals surface area (Å²) >= 11 is 0. The number of nitrogens with one attached hydrogen (secondary N) is 1. The summed E-state index contributed by atoms with van der Waals surface area (Å²) in [5.74, 6) is -0.763. The normalized spacial score (nSPS) is 21.5. The monoisotopic (exact) mass is 501 g/mol. The summed E-state index contributed by atoms with van der Waals surface area (Å²) in [4.78, 5) is 53.4. The van der Waals surface area contributed by atoms with Crippen molar-refractivity contribution in [3.63, 3.8) is 0 Å². The van der Waals surface area contributed by atoms with Gasteiger partial charge in [0.25, 0.3) is 0 Å². The number of ether oxygens (including phenoxy) is 2. The number of carbonyl (C=O) groups is 3. The minimum Gasteiger partial charge on any atom is -0.444 e. The fourth-order valence-electron chi connectivity index (χ4n) is 4.87. The van der Waals surface area contributed by atoms with Crippen LogP contribution in [0.2, 0.25) is 0 Å². The molecule has 3 heterocycles. The number of fused-ring (bicyclic) bond motifs is 1. The van der Waals surface area contributed by atoms with Gasteiger partial charge in [0.15, 0.2) is 0 Å². The molecule has 0 spiro atoms. The van der Waals surface area contributed by atoms with Crippen LogP contribution in [0.5, 0.6) is 0 Å². The van der Waals surface area contributed by atoms with Gasteiger partial charge in [-0.1, -0.05) is 12.1 Å². The molecule has 2 aliphatic rings. The van der Waals surface area contributed by atoms with Crippen molar-refractivity contribution in [2.24, 2.45) is 7.05 Å².